The van der Waals surface area contributed by atoms with Crippen molar-refractivity contribution in [3.8, 4) is 0 Å². The van der Waals surface area contributed by atoms with E-state index in [2.05, 4.69) is 5.32 Å². The number of nitrogens with one attached hydrogen (secondary N) is 1. The van der Waals surface area contributed by atoms with Gasteiger partial charge in [0.2, 0.25) is 11.8 Å². The number of nitrogens with two attached hydrogens (primary N) is 2. The van der Waals surface area contributed by atoms with Gasteiger partial charge in [0, 0.05) is 6.04 Å². The molecule has 5 N–H and O–H groups in total. The van der Waals surface area contributed by atoms with Crippen LogP contribution >= 0.6 is 0 Å². The van der Waals surface area contributed by atoms with E-state index in [1.807, 2.05) is 0 Å². The molecule has 0 aromatic heterocycles. The van der Waals surface area contributed by atoms with Crippen LogP contribution in [-0.4, -0.2) is 36.5 Å². The molecule has 1 aliphatic carbocycles. The monoisotopic (exact) mass is 285 g/mol. The lowest BCUT2D eigenvalue weighted by Gasteiger charge is -2.28. The Labute approximate surface area is 118 Å². The van der Waals surface area contributed by atoms with Gasteiger partial charge < -0.3 is 21.5 Å². The van der Waals surface area contributed by atoms with Gasteiger partial charge in [-0.3, -0.25) is 14.4 Å². The number of hydrogen-bond acceptors (Lipinski definition) is 5. The topological polar surface area (TPSA) is 125 Å². The van der Waals surface area contributed by atoms with E-state index in [1.54, 1.807) is 6.92 Å². The smallest absolute Gasteiger partial charge is 0.308 e. The van der Waals surface area contributed by atoms with Crippen LogP contribution in [0.2, 0.25) is 0 Å². The summed E-state index contributed by atoms with van der Waals surface area (Å²) in [5.41, 5.74) is 10.6. The Morgan fingerprint density at radius 1 is 1.25 bits per heavy atom. The minimum atomic E-state index is -0.907. The van der Waals surface area contributed by atoms with Gasteiger partial charge in [-0.1, -0.05) is 0 Å². The highest BCUT2D eigenvalue weighted by molar-refractivity contribution is 5.87. The molecular weight excluding hydrogens is 262 g/mol. The third-order valence-corrected chi connectivity index (χ3v) is 3.45. The van der Waals surface area contributed by atoms with Crippen molar-refractivity contribution in [1.29, 1.82) is 0 Å². The van der Waals surface area contributed by atoms with Gasteiger partial charge in [0.05, 0.1) is 25.0 Å². The maximum atomic E-state index is 11.7. The average Bonchev–Trinajstić information content (AvgIpc) is 2.39. The van der Waals surface area contributed by atoms with Gasteiger partial charge in [0.1, 0.15) is 0 Å². The summed E-state index contributed by atoms with van der Waals surface area (Å²) >= 11 is 0. The lowest BCUT2D eigenvalue weighted by molar-refractivity contribution is -0.149. The molecule has 1 fully saturated rings. The molecule has 0 saturated heterocycles. The van der Waals surface area contributed by atoms with Gasteiger partial charge in [0.25, 0.3) is 0 Å². The van der Waals surface area contributed by atoms with Crippen molar-refractivity contribution < 1.29 is 19.1 Å². The lowest BCUT2D eigenvalue weighted by Crippen LogP contribution is -2.48. The summed E-state index contributed by atoms with van der Waals surface area (Å²) in [6.07, 6.45) is 2.63. The quantitative estimate of drug-likeness (QED) is 0.563. The van der Waals surface area contributed by atoms with Crippen LogP contribution in [0.15, 0.2) is 0 Å². The molecule has 0 aromatic carbocycles. The number of hydrogen-bond donors (Lipinski definition) is 3. The molecule has 0 aliphatic heterocycles. The summed E-state index contributed by atoms with van der Waals surface area (Å²) in [5.74, 6) is -1.22. The predicted octanol–water partition coefficient (Wildman–Crippen LogP) is -0.573. The van der Waals surface area contributed by atoms with Gasteiger partial charge in [-0.15, -0.1) is 0 Å². The van der Waals surface area contributed by atoms with Crippen LogP contribution in [0.3, 0.4) is 0 Å². The Hall–Kier alpha value is -1.63. The van der Waals surface area contributed by atoms with Crippen molar-refractivity contribution in [3.63, 3.8) is 0 Å². The van der Waals surface area contributed by atoms with E-state index >= 15 is 0 Å². The lowest BCUT2D eigenvalue weighted by atomic mass is 9.86. The Morgan fingerprint density at radius 2 is 1.85 bits per heavy atom. The molecule has 1 atom stereocenters. The molecule has 1 unspecified atom stereocenters. The van der Waals surface area contributed by atoms with Crippen LogP contribution < -0.4 is 16.8 Å². The fourth-order valence-electron chi connectivity index (χ4n) is 2.35. The maximum Gasteiger partial charge on any atom is 0.308 e. The summed E-state index contributed by atoms with van der Waals surface area (Å²) in [5, 5.41) is 2.79. The molecule has 0 heterocycles. The van der Waals surface area contributed by atoms with Crippen molar-refractivity contribution in [3.05, 3.63) is 0 Å². The summed E-state index contributed by atoms with van der Waals surface area (Å²) in [6, 6.07) is -0.914. The zero-order valence-electron chi connectivity index (χ0n) is 11.8. The van der Waals surface area contributed by atoms with Crippen LogP contribution in [0, 0.1) is 5.92 Å². The fraction of sp³-hybridized carbons (Fsp3) is 0.769. The van der Waals surface area contributed by atoms with Crippen molar-refractivity contribution in [2.24, 2.45) is 17.4 Å². The van der Waals surface area contributed by atoms with E-state index in [9.17, 15) is 14.4 Å². The van der Waals surface area contributed by atoms with E-state index in [1.165, 1.54) is 0 Å². The molecular formula is C13H23N3O4. The van der Waals surface area contributed by atoms with Crippen LogP contribution in [0.5, 0.6) is 0 Å². The Bertz CT molecular complexity index is 365. The van der Waals surface area contributed by atoms with Crippen molar-refractivity contribution in [2.45, 2.75) is 51.1 Å². The number of amides is 2. The molecule has 0 bridgehead atoms. The van der Waals surface area contributed by atoms with E-state index in [0.717, 1.165) is 0 Å². The van der Waals surface area contributed by atoms with Crippen LogP contribution in [0.25, 0.3) is 0 Å². The van der Waals surface area contributed by atoms with E-state index in [0.29, 0.717) is 32.3 Å². The maximum absolute atomic E-state index is 11.7. The SMILES string of the molecule is CCOC(=O)C1CCC(NC(=O)C(N)CC(N)=O)CC1. The minimum Gasteiger partial charge on any atom is -0.466 e. The second-order valence-corrected chi connectivity index (χ2v) is 5.09. The highest BCUT2D eigenvalue weighted by atomic mass is 16.5. The Kier molecular flexibility index (Phi) is 6.44. The highest BCUT2D eigenvalue weighted by Crippen LogP contribution is 2.25. The van der Waals surface area contributed by atoms with Crippen molar-refractivity contribution in [1.82, 2.24) is 5.32 Å². The number of ether oxygens (including phenoxy) is 1. The van der Waals surface area contributed by atoms with E-state index in [-0.39, 0.29) is 30.3 Å². The Morgan fingerprint density at radius 3 is 2.35 bits per heavy atom. The number of esters is 1. The summed E-state index contributed by atoms with van der Waals surface area (Å²) in [6.45, 7) is 2.17. The van der Waals surface area contributed by atoms with Crippen molar-refractivity contribution >= 4 is 17.8 Å². The molecule has 0 radical (unpaired) electrons. The molecule has 7 nitrogen and oxygen atoms in total. The number of carbonyl (C=O) groups is 3. The first-order valence-electron chi connectivity index (χ1n) is 6.95. The first kappa shape index (κ1) is 16.4. The third kappa shape index (κ3) is 5.16. The molecule has 114 valence electrons. The van der Waals surface area contributed by atoms with Crippen LogP contribution in [-0.2, 0) is 19.1 Å². The van der Waals surface area contributed by atoms with Crippen molar-refractivity contribution in [2.75, 3.05) is 6.61 Å². The first-order valence-corrected chi connectivity index (χ1v) is 6.95. The number of carbonyl (C=O) groups excluding carboxylic acids is 3. The van der Waals surface area contributed by atoms with E-state index < -0.39 is 11.9 Å². The van der Waals surface area contributed by atoms with Crippen LogP contribution in [0.1, 0.15) is 39.0 Å². The summed E-state index contributed by atoms with van der Waals surface area (Å²) < 4.78 is 4.98. The summed E-state index contributed by atoms with van der Waals surface area (Å²) in [4.78, 5) is 34.0. The van der Waals surface area contributed by atoms with Gasteiger partial charge in [-0.2, -0.15) is 0 Å². The molecule has 1 saturated carbocycles. The predicted molar refractivity (Wildman–Crippen MR) is 72.3 cm³/mol. The van der Waals surface area contributed by atoms with Gasteiger partial charge in [0.15, 0.2) is 0 Å². The molecule has 1 aliphatic rings. The highest BCUT2D eigenvalue weighted by Gasteiger charge is 2.29. The van der Waals surface area contributed by atoms with Gasteiger partial charge in [-0.25, -0.2) is 0 Å². The molecule has 0 aromatic rings. The van der Waals surface area contributed by atoms with Crippen LogP contribution in [0.4, 0.5) is 0 Å². The fourth-order valence-corrected chi connectivity index (χ4v) is 2.35. The number of primary amides is 1. The second kappa shape index (κ2) is 7.84. The molecule has 20 heavy (non-hydrogen) atoms. The molecule has 0 spiro atoms. The summed E-state index contributed by atoms with van der Waals surface area (Å²) in [7, 11) is 0. The largest absolute Gasteiger partial charge is 0.466 e. The molecule has 7 heteroatoms. The molecule has 1 rings (SSSR count). The Balaban J connectivity index is 2.33. The normalized spacial score (nSPS) is 23.7. The standard InChI is InChI=1S/C13H23N3O4/c1-2-20-13(19)8-3-5-9(6-4-8)16-12(18)10(14)7-11(15)17/h8-10H,2-7,14H2,1H3,(H2,15,17)(H,16,18). The first-order chi connectivity index (χ1) is 9.43. The average molecular weight is 285 g/mol. The zero-order valence-corrected chi connectivity index (χ0v) is 11.8. The zero-order chi connectivity index (χ0) is 15.1. The van der Waals surface area contributed by atoms with Gasteiger partial charge >= 0.3 is 5.97 Å². The van der Waals surface area contributed by atoms with E-state index in [4.69, 9.17) is 16.2 Å². The second-order valence-electron chi connectivity index (χ2n) is 5.09. The molecule has 2 amide bonds. The minimum absolute atomic E-state index is 0.00731. The number of rotatable bonds is 6. The van der Waals surface area contributed by atoms with Gasteiger partial charge in [-0.05, 0) is 32.6 Å². The third-order valence-electron chi connectivity index (χ3n) is 3.45.